The molecule has 1 fully saturated rings. The van der Waals surface area contributed by atoms with Gasteiger partial charge in [-0.3, -0.25) is 19.3 Å². The Kier molecular flexibility index (Phi) is 7.03. The molecule has 8 heteroatoms. The van der Waals surface area contributed by atoms with E-state index < -0.39 is 5.91 Å². The molecule has 2 aromatic carbocycles. The van der Waals surface area contributed by atoms with Crippen molar-refractivity contribution in [2.45, 2.75) is 0 Å². The molecule has 0 aliphatic carbocycles. The Labute approximate surface area is 177 Å². The van der Waals surface area contributed by atoms with E-state index in [0.717, 1.165) is 22.2 Å². The third kappa shape index (κ3) is 5.57. The normalized spacial score (nSPS) is 15.3. The molecule has 0 saturated carbocycles. The molecule has 30 heavy (non-hydrogen) atoms. The lowest BCUT2D eigenvalue weighted by Crippen LogP contribution is -2.36. The van der Waals surface area contributed by atoms with Crippen LogP contribution in [0.25, 0.3) is 12.2 Å². The molecule has 0 bridgehead atoms. The van der Waals surface area contributed by atoms with Crippen LogP contribution in [-0.2, 0) is 9.59 Å². The number of carbonyl (C=O) groups is 3. The van der Waals surface area contributed by atoms with Gasteiger partial charge in [-0.25, -0.2) is 4.39 Å². The largest absolute Gasteiger partial charge is 0.497 e. The number of thioether (sulfide) groups is 1. The number of ether oxygens (including phenoxy) is 1. The molecule has 1 heterocycles. The molecule has 0 spiro atoms. The summed E-state index contributed by atoms with van der Waals surface area (Å²) in [6, 6.07) is 12.8. The number of imide groups is 1. The van der Waals surface area contributed by atoms with E-state index in [1.165, 1.54) is 18.2 Å². The zero-order chi connectivity index (χ0) is 21.5. The van der Waals surface area contributed by atoms with Crippen LogP contribution in [0.5, 0.6) is 5.75 Å². The van der Waals surface area contributed by atoms with Crippen LogP contribution in [0.1, 0.15) is 11.1 Å². The van der Waals surface area contributed by atoms with E-state index in [9.17, 15) is 18.8 Å². The first-order valence-corrected chi connectivity index (χ1v) is 9.89. The first-order valence-electron chi connectivity index (χ1n) is 9.07. The maximum absolute atomic E-state index is 12.9. The van der Waals surface area contributed by atoms with Gasteiger partial charge in [-0.15, -0.1) is 0 Å². The van der Waals surface area contributed by atoms with Gasteiger partial charge in [0.25, 0.3) is 11.1 Å². The highest BCUT2D eigenvalue weighted by atomic mass is 32.2. The van der Waals surface area contributed by atoms with Gasteiger partial charge in [-0.05, 0) is 59.3 Å². The molecule has 1 aliphatic rings. The summed E-state index contributed by atoms with van der Waals surface area (Å²) in [5.74, 6) is -0.420. The van der Waals surface area contributed by atoms with Crippen molar-refractivity contribution >= 4 is 41.0 Å². The summed E-state index contributed by atoms with van der Waals surface area (Å²) >= 11 is 0.864. The Hall–Kier alpha value is -3.39. The summed E-state index contributed by atoms with van der Waals surface area (Å²) in [6.07, 6.45) is 4.51. The number of amides is 3. The number of carbonyl (C=O) groups excluding carboxylic acids is 3. The fourth-order valence-electron chi connectivity index (χ4n) is 2.64. The van der Waals surface area contributed by atoms with E-state index in [1.54, 1.807) is 55.7 Å². The maximum atomic E-state index is 12.9. The average Bonchev–Trinajstić information content (AvgIpc) is 3.01. The topological polar surface area (TPSA) is 75.7 Å². The molecule has 6 nitrogen and oxygen atoms in total. The minimum absolute atomic E-state index is 0.0702. The van der Waals surface area contributed by atoms with Gasteiger partial charge in [0.2, 0.25) is 5.91 Å². The number of rotatable bonds is 7. The number of benzene rings is 2. The van der Waals surface area contributed by atoms with Crippen molar-refractivity contribution in [2.75, 3.05) is 20.2 Å². The Morgan fingerprint density at radius 1 is 1.10 bits per heavy atom. The summed E-state index contributed by atoms with van der Waals surface area (Å²) in [7, 11) is 1.57. The van der Waals surface area contributed by atoms with Crippen molar-refractivity contribution in [3.63, 3.8) is 0 Å². The van der Waals surface area contributed by atoms with E-state index in [2.05, 4.69) is 5.32 Å². The SMILES string of the molecule is COc1ccc(/C=C2/SC(=O)N(CCNC(=O)/C=C/c3ccc(F)cc3)C2=O)cc1. The number of hydrogen-bond acceptors (Lipinski definition) is 5. The van der Waals surface area contributed by atoms with Crippen molar-refractivity contribution in [1.29, 1.82) is 0 Å². The molecule has 1 saturated heterocycles. The molecule has 0 radical (unpaired) electrons. The molecule has 154 valence electrons. The second kappa shape index (κ2) is 9.89. The first-order chi connectivity index (χ1) is 14.5. The highest BCUT2D eigenvalue weighted by Crippen LogP contribution is 2.32. The second-order valence-electron chi connectivity index (χ2n) is 6.28. The summed E-state index contributed by atoms with van der Waals surface area (Å²) in [5.41, 5.74) is 1.46. The van der Waals surface area contributed by atoms with Crippen molar-refractivity contribution < 1.29 is 23.5 Å². The van der Waals surface area contributed by atoms with Gasteiger partial charge < -0.3 is 10.1 Å². The molecule has 2 aromatic rings. The first kappa shape index (κ1) is 21.3. The van der Waals surface area contributed by atoms with Gasteiger partial charge >= 0.3 is 0 Å². The van der Waals surface area contributed by atoms with Gasteiger partial charge in [0, 0.05) is 19.2 Å². The quantitative estimate of drug-likeness (QED) is 0.684. The molecule has 0 atom stereocenters. The Balaban J connectivity index is 1.52. The lowest BCUT2D eigenvalue weighted by molar-refractivity contribution is -0.123. The summed E-state index contributed by atoms with van der Waals surface area (Å²) in [4.78, 5) is 38.0. The van der Waals surface area contributed by atoms with Gasteiger partial charge in [0.05, 0.1) is 12.0 Å². The third-order valence-corrected chi connectivity index (χ3v) is 5.13. The third-order valence-electron chi connectivity index (χ3n) is 4.22. The van der Waals surface area contributed by atoms with E-state index in [-0.39, 0.29) is 30.1 Å². The number of nitrogens with zero attached hydrogens (tertiary/aromatic N) is 1. The van der Waals surface area contributed by atoms with Crippen molar-refractivity contribution in [3.05, 3.63) is 76.5 Å². The highest BCUT2D eigenvalue weighted by molar-refractivity contribution is 8.18. The summed E-state index contributed by atoms with van der Waals surface area (Å²) in [5, 5.41) is 2.24. The minimum Gasteiger partial charge on any atom is -0.497 e. The molecular weight excluding hydrogens is 407 g/mol. The van der Waals surface area contributed by atoms with Crippen molar-refractivity contribution in [2.24, 2.45) is 0 Å². The van der Waals surface area contributed by atoms with Crippen molar-refractivity contribution in [3.8, 4) is 5.75 Å². The van der Waals surface area contributed by atoms with E-state index in [0.29, 0.717) is 16.2 Å². The minimum atomic E-state index is -0.392. The predicted octanol–water partition coefficient (Wildman–Crippen LogP) is 3.70. The second-order valence-corrected chi connectivity index (χ2v) is 7.28. The van der Waals surface area contributed by atoms with Gasteiger partial charge in [0.1, 0.15) is 11.6 Å². The molecule has 3 amide bonds. The van der Waals surface area contributed by atoms with Crippen LogP contribution in [0.4, 0.5) is 9.18 Å². The van der Waals surface area contributed by atoms with Crippen LogP contribution in [0.2, 0.25) is 0 Å². The lowest BCUT2D eigenvalue weighted by atomic mass is 10.2. The van der Waals surface area contributed by atoms with E-state index in [4.69, 9.17) is 4.74 Å². The van der Waals surface area contributed by atoms with Gasteiger partial charge in [0.15, 0.2) is 0 Å². The molecule has 0 aromatic heterocycles. The number of halogens is 1. The van der Waals surface area contributed by atoms with Crippen LogP contribution < -0.4 is 10.1 Å². The average molecular weight is 426 g/mol. The highest BCUT2D eigenvalue weighted by Gasteiger charge is 2.34. The number of hydrogen-bond donors (Lipinski definition) is 1. The van der Waals surface area contributed by atoms with Gasteiger partial charge in [-0.2, -0.15) is 0 Å². The standard InChI is InChI=1S/C22H19FN2O4S/c1-29-18-9-4-16(5-10-18)14-19-21(27)25(22(28)30-19)13-12-24-20(26)11-6-15-2-7-17(23)8-3-15/h2-11,14H,12-13H2,1H3,(H,24,26)/b11-6+,19-14+. The van der Waals surface area contributed by atoms with Crippen LogP contribution in [0.3, 0.4) is 0 Å². The molecule has 1 N–H and O–H groups in total. The zero-order valence-corrected chi connectivity index (χ0v) is 16.9. The van der Waals surface area contributed by atoms with Crippen LogP contribution in [0.15, 0.2) is 59.5 Å². The fraction of sp³-hybridized carbons (Fsp3) is 0.136. The number of nitrogens with one attached hydrogen (secondary N) is 1. The summed E-state index contributed by atoms with van der Waals surface area (Å²) in [6.45, 7) is 0.196. The van der Waals surface area contributed by atoms with Crippen molar-refractivity contribution in [1.82, 2.24) is 10.2 Å². The fourth-order valence-corrected chi connectivity index (χ4v) is 3.50. The molecule has 3 rings (SSSR count). The Morgan fingerprint density at radius 2 is 1.77 bits per heavy atom. The van der Waals surface area contributed by atoms with Crippen LogP contribution in [0, 0.1) is 5.82 Å². The molecule has 1 aliphatic heterocycles. The van der Waals surface area contributed by atoms with E-state index >= 15 is 0 Å². The zero-order valence-electron chi connectivity index (χ0n) is 16.1. The predicted molar refractivity (Wildman–Crippen MR) is 114 cm³/mol. The van der Waals surface area contributed by atoms with Crippen LogP contribution in [-0.4, -0.2) is 42.2 Å². The molecule has 0 unspecified atom stereocenters. The van der Waals surface area contributed by atoms with Crippen LogP contribution >= 0.6 is 11.8 Å². The summed E-state index contributed by atoms with van der Waals surface area (Å²) < 4.78 is 18.0. The van der Waals surface area contributed by atoms with Gasteiger partial charge in [-0.1, -0.05) is 24.3 Å². The Morgan fingerprint density at radius 3 is 2.43 bits per heavy atom. The number of methoxy groups -OCH3 is 1. The monoisotopic (exact) mass is 426 g/mol. The Bertz CT molecular complexity index is 1000. The smallest absolute Gasteiger partial charge is 0.293 e. The molecular formula is C22H19FN2O4S. The van der Waals surface area contributed by atoms with E-state index in [1.807, 2.05) is 0 Å². The lowest BCUT2D eigenvalue weighted by Gasteiger charge is -2.12. The maximum Gasteiger partial charge on any atom is 0.293 e.